The van der Waals surface area contributed by atoms with E-state index < -0.39 is 5.41 Å². The first-order valence-electron chi connectivity index (χ1n) is 39.5. The molecule has 105 heavy (non-hydrogen) atoms. The Morgan fingerprint density at radius 1 is 0.267 bits per heavy atom. The van der Waals surface area contributed by atoms with Crippen molar-refractivity contribution in [3.05, 3.63) is 345 Å². The third-order valence-corrected chi connectivity index (χ3v) is 25.5. The Hall–Kier alpha value is -10.5. The molecule has 2 nitrogen and oxygen atoms in total. The number of hydrogen-bond acceptors (Lipinski definition) is 2. The van der Waals surface area contributed by atoms with Gasteiger partial charge >= 0.3 is 0 Å². The van der Waals surface area contributed by atoms with Gasteiger partial charge in [-0.15, -0.1) is 0 Å². The Bertz CT molecular complexity index is 5390. The number of hydrogen-bond donors (Lipinski definition) is 0. The molecule has 1 spiro atoms. The fourth-order valence-corrected chi connectivity index (χ4v) is 20.7. The zero-order valence-electron chi connectivity index (χ0n) is 62.9. The number of benzene rings is 13. The lowest BCUT2D eigenvalue weighted by molar-refractivity contribution is 0.414. The number of aryl methyl sites for hydroxylation is 3. The molecule has 0 saturated heterocycles. The third-order valence-electron chi connectivity index (χ3n) is 25.5. The maximum atomic E-state index is 2.64. The predicted octanol–water partition coefficient (Wildman–Crippen LogP) is 28.8. The molecule has 0 unspecified atom stereocenters. The van der Waals surface area contributed by atoms with E-state index in [1.54, 1.807) is 0 Å². The molecule has 0 fully saturated rings. The van der Waals surface area contributed by atoms with Crippen LogP contribution in [0.4, 0.5) is 34.1 Å². The first-order chi connectivity index (χ1) is 51.4. The molecule has 0 heterocycles. The summed E-state index contributed by atoms with van der Waals surface area (Å²) < 4.78 is 0. The van der Waals surface area contributed by atoms with Crippen molar-refractivity contribution in [2.45, 2.75) is 161 Å². The van der Waals surface area contributed by atoms with Gasteiger partial charge in [0.05, 0.1) is 11.1 Å². The SMILES string of the molecule is CCCCC1(CCCC)c2cc(C)ccc2-c2ccc(N(c3ccc(-c4ccc(N(c5ccc(-c6cccc7c6C(C)(C)c6ccccc6-7)cc5)c5cccc6c5-c5ccccc5C65c6ccccc6-c6ccccc65)cc4)c(C)c3)c3ccc4c(c3)C(CCCC)(CCCC)c3cc(C)ccc3-4)cc21. The zero-order valence-corrected chi connectivity index (χ0v) is 62.9. The summed E-state index contributed by atoms with van der Waals surface area (Å²) in [4.78, 5) is 5.18. The van der Waals surface area contributed by atoms with E-state index in [4.69, 9.17) is 0 Å². The summed E-state index contributed by atoms with van der Waals surface area (Å²) in [6.07, 6.45) is 14.1. The lowest BCUT2D eigenvalue weighted by Gasteiger charge is -2.35. The predicted molar refractivity (Wildman–Crippen MR) is 445 cm³/mol. The number of nitrogens with zero attached hydrogens (tertiary/aromatic N) is 2. The minimum Gasteiger partial charge on any atom is -0.310 e. The van der Waals surface area contributed by atoms with Crippen molar-refractivity contribution in [3.63, 3.8) is 0 Å². The Balaban J connectivity index is 0.781. The highest BCUT2D eigenvalue weighted by Gasteiger charge is 2.53. The van der Waals surface area contributed by atoms with Crippen LogP contribution in [0.1, 0.15) is 191 Å². The second-order valence-corrected chi connectivity index (χ2v) is 31.9. The molecule has 0 atom stereocenters. The quantitative estimate of drug-likeness (QED) is 0.0750. The first kappa shape index (κ1) is 66.4. The molecular weight excluding hydrogens is 1270 g/mol. The highest BCUT2D eigenvalue weighted by Crippen LogP contribution is 2.66. The lowest BCUT2D eigenvalue weighted by Crippen LogP contribution is -2.26. The van der Waals surface area contributed by atoms with Crippen molar-refractivity contribution >= 4 is 34.1 Å². The van der Waals surface area contributed by atoms with Gasteiger partial charge in [0.25, 0.3) is 0 Å². The Labute approximate surface area is 624 Å². The van der Waals surface area contributed by atoms with Crippen molar-refractivity contribution in [1.82, 2.24) is 0 Å². The largest absolute Gasteiger partial charge is 0.310 e. The molecule has 0 aromatic heterocycles. The van der Waals surface area contributed by atoms with Gasteiger partial charge in [0.1, 0.15) is 0 Å². The number of fused-ring (bicyclic) bond motifs is 19. The van der Waals surface area contributed by atoms with E-state index in [2.05, 4.69) is 345 Å². The van der Waals surface area contributed by atoms with Gasteiger partial charge in [0.15, 0.2) is 0 Å². The molecule has 13 aromatic rings. The minimum absolute atomic E-state index is 0.0582. The van der Waals surface area contributed by atoms with Crippen molar-refractivity contribution in [2.75, 3.05) is 9.80 Å². The van der Waals surface area contributed by atoms with Crippen molar-refractivity contribution in [1.29, 1.82) is 0 Å². The van der Waals surface area contributed by atoms with Gasteiger partial charge in [0.2, 0.25) is 0 Å². The minimum atomic E-state index is -0.481. The second kappa shape index (κ2) is 26.0. The Morgan fingerprint density at radius 3 is 1.10 bits per heavy atom. The molecule has 518 valence electrons. The van der Waals surface area contributed by atoms with Gasteiger partial charge in [-0.25, -0.2) is 0 Å². The van der Waals surface area contributed by atoms with Crippen LogP contribution in [-0.2, 0) is 21.7 Å². The molecule has 0 saturated carbocycles. The molecule has 0 N–H and O–H groups in total. The van der Waals surface area contributed by atoms with E-state index >= 15 is 0 Å². The topological polar surface area (TPSA) is 6.48 Å². The van der Waals surface area contributed by atoms with E-state index in [0.29, 0.717) is 0 Å². The molecule has 18 rings (SSSR count). The van der Waals surface area contributed by atoms with E-state index in [-0.39, 0.29) is 16.2 Å². The molecule has 0 amide bonds. The van der Waals surface area contributed by atoms with Gasteiger partial charge in [-0.3, -0.25) is 0 Å². The smallest absolute Gasteiger partial charge is 0.0726 e. The molecule has 5 aliphatic carbocycles. The molecule has 0 radical (unpaired) electrons. The summed E-state index contributed by atoms with van der Waals surface area (Å²) in [5, 5.41) is 0. The van der Waals surface area contributed by atoms with Crippen LogP contribution in [-0.4, -0.2) is 0 Å². The van der Waals surface area contributed by atoms with Crippen LogP contribution < -0.4 is 9.80 Å². The standard InChI is InChI=1S/C103H96N2/c1-10-14-58-101(59-15-11-2)93-62-67(5)40-53-82(93)84-56-51-75(65-95(84)101)104(76-52-57-85-83-54-41-68(6)63-94(83)102(60-16-12-3,61-17-13-4)96(85)66-76)74-50-55-77(69(7)64-74)70-42-46-72(47-43-70)105(73-48-44-71(45-49-73)78-32-26-33-86-81-30-18-22-34-88(81)100(8,9)99(78)86)97-39-27-38-92-98(97)87-31-21-25-37-91(87)103(92)89-35-23-19-28-79(89)80-29-20-24-36-90(80)103/h18-57,62-66H,10-17,58-61H2,1-9H3. The third kappa shape index (κ3) is 10.1. The molecule has 5 aliphatic rings. The highest BCUT2D eigenvalue weighted by atomic mass is 15.2. The van der Waals surface area contributed by atoms with Crippen LogP contribution in [0.2, 0.25) is 0 Å². The zero-order chi connectivity index (χ0) is 71.5. The van der Waals surface area contributed by atoms with Gasteiger partial charge in [-0.1, -0.05) is 310 Å². The fourth-order valence-electron chi connectivity index (χ4n) is 20.7. The Morgan fingerprint density at radius 2 is 0.619 bits per heavy atom. The summed E-state index contributed by atoms with van der Waals surface area (Å²) in [5.74, 6) is 0. The summed E-state index contributed by atoms with van der Waals surface area (Å²) in [5.41, 5.74) is 42.9. The first-order valence-corrected chi connectivity index (χ1v) is 39.5. The summed E-state index contributed by atoms with van der Waals surface area (Å²) in [7, 11) is 0. The van der Waals surface area contributed by atoms with E-state index in [0.717, 1.165) is 42.7 Å². The average Bonchev–Trinajstić information content (AvgIpc) is 1.51. The monoisotopic (exact) mass is 1360 g/mol. The number of rotatable bonds is 20. The van der Waals surface area contributed by atoms with Gasteiger partial charge in [0, 0.05) is 50.2 Å². The van der Waals surface area contributed by atoms with Crippen LogP contribution >= 0.6 is 0 Å². The van der Waals surface area contributed by atoms with Crippen LogP contribution in [0.25, 0.3) is 77.9 Å². The Kier molecular flexibility index (Phi) is 16.4. The maximum Gasteiger partial charge on any atom is 0.0726 e. The van der Waals surface area contributed by atoms with Gasteiger partial charge in [-0.05, 0) is 247 Å². The lowest BCUT2D eigenvalue weighted by atomic mass is 9.70. The number of anilines is 6. The normalized spacial score (nSPS) is 14.7. The van der Waals surface area contributed by atoms with Crippen molar-refractivity contribution in [3.8, 4) is 77.9 Å². The molecular formula is C103H96N2. The summed E-state index contributed by atoms with van der Waals surface area (Å²) >= 11 is 0. The van der Waals surface area contributed by atoms with Gasteiger partial charge < -0.3 is 9.80 Å². The summed E-state index contributed by atoms with van der Waals surface area (Å²) in [6, 6.07) is 107. The molecule has 2 heteroatoms. The molecule has 13 aromatic carbocycles. The highest BCUT2D eigenvalue weighted by molar-refractivity contribution is 6.02. The molecule has 0 bridgehead atoms. The second-order valence-electron chi connectivity index (χ2n) is 31.9. The summed E-state index contributed by atoms with van der Waals surface area (Å²) in [6.45, 7) is 21.2. The van der Waals surface area contributed by atoms with Crippen molar-refractivity contribution < 1.29 is 0 Å². The van der Waals surface area contributed by atoms with Crippen LogP contribution in [0.3, 0.4) is 0 Å². The van der Waals surface area contributed by atoms with Crippen molar-refractivity contribution in [2.24, 2.45) is 0 Å². The van der Waals surface area contributed by atoms with Crippen LogP contribution in [0.15, 0.2) is 273 Å². The maximum absolute atomic E-state index is 2.64. The van der Waals surface area contributed by atoms with E-state index in [1.807, 2.05) is 0 Å². The van der Waals surface area contributed by atoms with E-state index in [9.17, 15) is 0 Å². The van der Waals surface area contributed by atoms with Crippen LogP contribution in [0, 0.1) is 20.8 Å². The average molecular weight is 1360 g/mol. The van der Waals surface area contributed by atoms with Crippen LogP contribution in [0.5, 0.6) is 0 Å². The van der Waals surface area contributed by atoms with E-state index in [1.165, 1.54) is 219 Å². The van der Waals surface area contributed by atoms with Gasteiger partial charge in [-0.2, -0.15) is 0 Å². The molecule has 0 aliphatic heterocycles. The number of unbranched alkanes of at least 4 members (excludes halogenated alkanes) is 4. The fraction of sp³-hybridized carbons (Fsp3) is 0.243.